The average Bonchev–Trinajstić information content (AvgIpc) is 2.77. The molecule has 0 bridgehead atoms. The van der Waals surface area contributed by atoms with Gasteiger partial charge >= 0.3 is 0 Å². The number of nitrogens with two attached hydrogens (primary N) is 1. The van der Waals surface area contributed by atoms with Gasteiger partial charge in [-0.05, 0) is 72.4 Å². The van der Waals surface area contributed by atoms with Gasteiger partial charge in [-0.15, -0.1) is 0 Å². The fraction of sp³-hybridized carbons (Fsp3) is 0.185. The number of carbonyl (C=O) groups excluding carboxylic acids is 1. The van der Waals surface area contributed by atoms with E-state index in [1.807, 2.05) is 37.3 Å². The molecule has 0 unspecified atom stereocenters. The van der Waals surface area contributed by atoms with Crippen molar-refractivity contribution in [1.82, 2.24) is 10.3 Å². The van der Waals surface area contributed by atoms with E-state index >= 15 is 0 Å². The Balaban J connectivity index is 1.47. The van der Waals surface area contributed by atoms with E-state index in [2.05, 4.69) is 41.5 Å². The van der Waals surface area contributed by atoms with Gasteiger partial charge in [0.2, 0.25) is 5.91 Å². The monoisotopic (exact) mass is 427 g/mol. The number of nitrogen functional groups attached to an aromatic ring is 1. The van der Waals surface area contributed by atoms with Crippen LogP contribution >= 0.6 is 0 Å². The first kappa shape index (κ1) is 21.5. The summed E-state index contributed by atoms with van der Waals surface area (Å²) in [5.74, 6) is -0.0330. The molecule has 1 amide bonds. The lowest BCUT2D eigenvalue weighted by Gasteiger charge is -2.11. The topological polar surface area (TPSA) is 68.0 Å². The largest absolute Gasteiger partial charge is 0.383 e. The maximum Gasteiger partial charge on any atom is 0.220 e. The van der Waals surface area contributed by atoms with Gasteiger partial charge in [0.15, 0.2) is 0 Å². The summed E-state index contributed by atoms with van der Waals surface area (Å²) in [7, 11) is 0. The number of benzene rings is 3. The molecular formula is C27H26FN3O. The van der Waals surface area contributed by atoms with Crippen LogP contribution in [0.5, 0.6) is 0 Å². The van der Waals surface area contributed by atoms with Crippen molar-refractivity contribution in [3.05, 3.63) is 94.8 Å². The number of halogens is 1. The summed E-state index contributed by atoms with van der Waals surface area (Å²) in [5, 5.41) is 3.77. The number of anilines is 1. The lowest BCUT2D eigenvalue weighted by molar-refractivity contribution is -0.121. The van der Waals surface area contributed by atoms with Crippen LogP contribution in [-0.4, -0.2) is 10.9 Å². The number of aromatic nitrogens is 1. The fourth-order valence-electron chi connectivity index (χ4n) is 3.83. The zero-order valence-electron chi connectivity index (χ0n) is 18.3. The van der Waals surface area contributed by atoms with Crippen LogP contribution in [0.2, 0.25) is 0 Å². The van der Waals surface area contributed by atoms with Gasteiger partial charge in [0.05, 0.1) is 5.52 Å². The number of hydrogen-bond donors (Lipinski definition) is 2. The standard InChI is InChI=1S/C27H26FN3O/c1-17-7-8-21(24(28)13-17)16-30-26(32)12-10-20-15-22-14-19(9-11-25(22)31-27(20)29)23-6-4-3-5-18(23)2/h3-9,11,13-15H,10,12,16H2,1-2H3,(H2,29,31)(H,30,32). The maximum atomic E-state index is 14.0. The molecule has 32 heavy (non-hydrogen) atoms. The van der Waals surface area contributed by atoms with Crippen molar-refractivity contribution in [1.29, 1.82) is 0 Å². The predicted octanol–water partition coefficient (Wildman–Crippen LogP) is 5.49. The van der Waals surface area contributed by atoms with Crippen LogP contribution in [0, 0.1) is 19.7 Å². The average molecular weight is 428 g/mol. The molecular weight excluding hydrogens is 401 g/mol. The lowest BCUT2D eigenvalue weighted by atomic mass is 9.98. The smallest absolute Gasteiger partial charge is 0.220 e. The van der Waals surface area contributed by atoms with Crippen molar-refractivity contribution < 1.29 is 9.18 Å². The van der Waals surface area contributed by atoms with Crippen LogP contribution in [-0.2, 0) is 17.8 Å². The molecule has 0 fully saturated rings. The molecule has 0 aliphatic heterocycles. The van der Waals surface area contributed by atoms with Crippen LogP contribution in [0.3, 0.4) is 0 Å². The second kappa shape index (κ2) is 9.18. The minimum absolute atomic E-state index is 0.155. The Labute approximate surface area is 187 Å². The van der Waals surface area contributed by atoms with E-state index in [4.69, 9.17) is 5.73 Å². The molecule has 1 heterocycles. The fourth-order valence-corrected chi connectivity index (χ4v) is 3.83. The Morgan fingerprint density at radius 3 is 2.59 bits per heavy atom. The Morgan fingerprint density at radius 2 is 1.81 bits per heavy atom. The number of pyridine rings is 1. The molecule has 4 nitrogen and oxygen atoms in total. The summed E-state index contributed by atoms with van der Waals surface area (Å²) in [6, 6.07) is 21.4. The minimum atomic E-state index is -0.308. The highest BCUT2D eigenvalue weighted by Gasteiger charge is 2.10. The van der Waals surface area contributed by atoms with Crippen molar-refractivity contribution in [2.45, 2.75) is 33.2 Å². The summed E-state index contributed by atoms with van der Waals surface area (Å²) < 4.78 is 14.0. The summed E-state index contributed by atoms with van der Waals surface area (Å²) in [5.41, 5.74) is 12.6. The number of carbonyl (C=O) groups is 1. The first-order valence-corrected chi connectivity index (χ1v) is 10.7. The third kappa shape index (κ3) is 4.78. The zero-order chi connectivity index (χ0) is 22.7. The molecule has 4 aromatic rings. The van der Waals surface area contributed by atoms with Gasteiger partial charge in [0.1, 0.15) is 11.6 Å². The highest BCUT2D eigenvalue weighted by molar-refractivity contribution is 5.87. The second-order valence-electron chi connectivity index (χ2n) is 8.13. The number of rotatable bonds is 6. The molecule has 0 aliphatic rings. The Kier molecular flexibility index (Phi) is 6.17. The van der Waals surface area contributed by atoms with Crippen LogP contribution in [0.25, 0.3) is 22.0 Å². The number of nitrogens with one attached hydrogen (secondary N) is 1. The van der Waals surface area contributed by atoms with E-state index in [1.54, 1.807) is 6.07 Å². The van der Waals surface area contributed by atoms with Crippen molar-refractivity contribution in [3.63, 3.8) is 0 Å². The third-order valence-electron chi connectivity index (χ3n) is 5.69. The molecule has 0 saturated carbocycles. The summed E-state index contributed by atoms with van der Waals surface area (Å²) in [4.78, 5) is 16.8. The molecule has 0 atom stereocenters. The van der Waals surface area contributed by atoms with E-state index in [-0.39, 0.29) is 24.7 Å². The molecule has 0 saturated heterocycles. The normalized spacial score (nSPS) is 11.0. The lowest BCUT2D eigenvalue weighted by Crippen LogP contribution is -2.23. The summed E-state index contributed by atoms with van der Waals surface area (Å²) >= 11 is 0. The quantitative estimate of drug-likeness (QED) is 0.428. The highest BCUT2D eigenvalue weighted by Crippen LogP contribution is 2.28. The zero-order valence-corrected chi connectivity index (χ0v) is 18.3. The van der Waals surface area contributed by atoms with E-state index < -0.39 is 0 Å². The number of fused-ring (bicyclic) bond motifs is 1. The van der Waals surface area contributed by atoms with Crippen LogP contribution in [0.1, 0.15) is 28.7 Å². The number of nitrogens with zero attached hydrogens (tertiary/aromatic N) is 1. The Bertz CT molecular complexity index is 1300. The van der Waals surface area contributed by atoms with E-state index in [0.717, 1.165) is 27.6 Å². The molecule has 4 rings (SSSR count). The van der Waals surface area contributed by atoms with Crippen LogP contribution in [0.4, 0.5) is 10.2 Å². The van der Waals surface area contributed by atoms with Gasteiger partial charge in [-0.1, -0.05) is 42.5 Å². The van der Waals surface area contributed by atoms with Crippen molar-refractivity contribution in [2.24, 2.45) is 0 Å². The van der Waals surface area contributed by atoms with Gasteiger partial charge in [-0.3, -0.25) is 4.79 Å². The van der Waals surface area contributed by atoms with Crippen molar-refractivity contribution in [3.8, 4) is 11.1 Å². The Hall–Kier alpha value is -3.73. The van der Waals surface area contributed by atoms with Crippen molar-refractivity contribution in [2.75, 3.05) is 5.73 Å². The first-order valence-electron chi connectivity index (χ1n) is 10.7. The third-order valence-corrected chi connectivity index (χ3v) is 5.69. The molecule has 162 valence electrons. The van der Waals surface area contributed by atoms with Gasteiger partial charge < -0.3 is 11.1 Å². The van der Waals surface area contributed by atoms with Crippen LogP contribution < -0.4 is 11.1 Å². The van der Waals surface area contributed by atoms with E-state index in [1.165, 1.54) is 17.2 Å². The summed E-state index contributed by atoms with van der Waals surface area (Å²) in [6.07, 6.45) is 0.716. The van der Waals surface area contributed by atoms with Gasteiger partial charge in [0.25, 0.3) is 0 Å². The second-order valence-corrected chi connectivity index (χ2v) is 8.13. The predicted molar refractivity (Wildman–Crippen MR) is 128 cm³/mol. The van der Waals surface area contributed by atoms with E-state index in [0.29, 0.717) is 17.8 Å². The number of hydrogen-bond acceptors (Lipinski definition) is 3. The van der Waals surface area contributed by atoms with Gasteiger partial charge in [0, 0.05) is 23.9 Å². The van der Waals surface area contributed by atoms with Gasteiger partial charge in [-0.25, -0.2) is 9.37 Å². The van der Waals surface area contributed by atoms with Crippen molar-refractivity contribution >= 4 is 22.6 Å². The molecule has 0 aliphatic carbocycles. The molecule has 5 heteroatoms. The molecule has 0 radical (unpaired) electrons. The van der Waals surface area contributed by atoms with Crippen LogP contribution in [0.15, 0.2) is 66.7 Å². The molecule has 3 N–H and O–H groups in total. The molecule has 1 aromatic heterocycles. The van der Waals surface area contributed by atoms with Gasteiger partial charge in [-0.2, -0.15) is 0 Å². The minimum Gasteiger partial charge on any atom is -0.383 e. The SMILES string of the molecule is Cc1ccc(CNC(=O)CCc2cc3cc(-c4ccccc4C)ccc3nc2N)c(F)c1. The Morgan fingerprint density at radius 1 is 1.00 bits per heavy atom. The highest BCUT2D eigenvalue weighted by atomic mass is 19.1. The summed E-state index contributed by atoms with van der Waals surface area (Å²) in [6.45, 7) is 4.08. The molecule has 3 aromatic carbocycles. The first-order chi connectivity index (χ1) is 15.4. The maximum absolute atomic E-state index is 14.0. The van der Waals surface area contributed by atoms with E-state index in [9.17, 15) is 9.18 Å². The number of aryl methyl sites for hydroxylation is 3. The number of amides is 1. The molecule has 0 spiro atoms.